The molecule has 152 valence electrons. The van der Waals surface area contributed by atoms with Gasteiger partial charge < -0.3 is 0 Å². The molecule has 0 N–H and O–H groups in total. The number of rotatable bonds is 8. The molecule has 0 radical (unpaired) electrons. The van der Waals surface area contributed by atoms with Crippen molar-refractivity contribution in [1.29, 1.82) is 0 Å². The maximum Gasteiger partial charge on any atom is 0.167 e. The smallest absolute Gasteiger partial charge is 0.167 e. The Labute approximate surface area is 173 Å². The van der Waals surface area contributed by atoms with E-state index in [1.165, 1.54) is 24.8 Å². The molecule has 0 aliphatic rings. The highest BCUT2D eigenvalue weighted by atomic mass is 19.2. The van der Waals surface area contributed by atoms with Crippen LogP contribution in [0.5, 0.6) is 0 Å². The van der Waals surface area contributed by atoms with Crippen LogP contribution in [0.3, 0.4) is 0 Å². The number of halogens is 2. The predicted molar refractivity (Wildman–Crippen MR) is 119 cm³/mol. The fraction of sp³-hybridized carbons (Fsp3) is 0.333. The van der Waals surface area contributed by atoms with Crippen molar-refractivity contribution < 1.29 is 8.78 Å². The molecule has 0 aliphatic carbocycles. The second kappa shape index (κ2) is 9.82. The fourth-order valence-electron chi connectivity index (χ4n) is 3.87. The van der Waals surface area contributed by atoms with Gasteiger partial charge in [0.25, 0.3) is 0 Å². The molecule has 29 heavy (non-hydrogen) atoms. The van der Waals surface area contributed by atoms with Gasteiger partial charge in [-0.1, -0.05) is 99.3 Å². The minimum absolute atomic E-state index is 0.295. The molecule has 0 spiro atoms. The van der Waals surface area contributed by atoms with Crippen molar-refractivity contribution in [3.8, 4) is 22.3 Å². The molecule has 3 aromatic carbocycles. The summed E-state index contributed by atoms with van der Waals surface area (Å²) in [5.74, 6) is -0.812. The first kappa shape index (κ1) is 21.2. The third-order valence-corrected chi connectivity index (χ3v) is 5.65. The van der Waals surface area contributed by atoms with Crippen LogP contribution in [0, 0.1) is 24.5 Å². The Kier molecular flexibility index (Phi) is 7.19. The van der Waals surface area contributed by atoms with Gasteiger partial charge in [0.05, 0.1) is 0 Å². The topological polar surface area (TPSA) is 0 Å². The second-order valence-electron chi connectivity index (χ2n) is 8.14. The first-order chi connectivity index (χ1) is 14.0. The van der Waals surface area contributed by atoms with Crippen LogP contribution in [-0.4, -0.2) is 0 Å². The van der Waals surface area contributed by atoms with Gasteiger partial charge >= 0.3 is 0 Å². The van der Waals surface area contributed by atoms with Crippen molar-refractivity contribution in [2.24, 2.45) is 5.92 Å². The van der Waals surface area contributed by atoms with Gasteiger partial charge in [-0.05, 0) is 42.4 Å². The lowest BCUT2D eigenvalue weighted by Crippen LogP contribution is -1.96. The van der Waals surface area contributed by atoms with E-state index in [1.807, 2.05) is 55.5 Å². The lowest BCUT2D eigenvalue weighted by Gasteiger charge is -2.11. The Bertz CT molecular complexity index is 924. The van der Waals surface area contributed by atoms with Crippen molar-refractivity contribution in [3.05, 3.63) is 83.4 Å². The minimum atomic E-state index is -0.791. The summed E-state index contributed by atoms with van der Waals surface area (Å²) in [6.07, 6.45) is 5.94. The third-order valence-electron chi connectivity index (χ3n) is 5.65. The summed E-state index contributed by atoms with van der Waals surface area (Å²) >= 11 is 0. The van der Waals surface area contributed by atoms with E-state index in [0.29, 0.717) is 22.3 Å². The summed E-state index contributed by atoms with van der Waals surface area (Å²) < 4.78 is 29.5. The SMILES string of the molecule is CCCC(C)CCCc1ccc(-c2ccc(-c3ccc(C)cc3)c(F)c2F)cc1. The molecule has 0 aromatic heterocycles. The van der Waals surface area contributed by atoms with E-state index in [4.69, 9.17) is 0 Å². The molecule has 0 aliphatic heterocycles. The zero-order valence-electron chi connectivity index (χ0n) is 17.6. The van der Waals surface area contributed by atoms with E-state index >= 15 is 0 Å². The molecular weight excluding hydrogens is 362 g/mol. The Morgan fingerprint density at radius 1 is 0.724 bits per heavy atom. The van der Waals surface area contributed by atoms with E-state index in [-0.39, 0.29) is 0 Å². The molecule has 0 bridgehead atoms. The monoisotopic (exact) mass is 392 g/mol. The molecule has 3 rings (SSSR count). The highest BCUT2D eigenvalue weighted by Gasteiger charge is 2.16. The van der Waals surface area contributed by atoms with Crippen molar-refractivity contribution in [2.45, 2.75) is 52.9 Å². The van der Waals surface area contributed by atoms with Crippen LogP contribution in [0.4, 0.5) is 8.78 Å². The van der Waals surface area contributed by atoms with Crippen molar-refractivity contribution in [2.75, 3.05) is 0 Å². The quantitative estimate of drug-likeness (QED) is 0.361. The maximum absolute atomic E-state index is 14.8. The summed E-state index contributed by atoms with van der Waals surface area (Å²) in [6, 6.07) is 18.7. The Morgan fingerprint density at radius 2 is 1.24 bits per heavy atom. The van der Waals surface area contributed by atoms with E-state index in [0.717, 1.165) is 24.3 Å². The highest BCUT2D eigenvalue weighted by Crippen LogP contribution is 2.31. The molecule has 2 heteroatoms. The molecule has 0 amide bonds. The zero-order chi connectivity index (χ0) is 20.8. The van der Waals surface area contributed by atoms with E-state index in [1.54, 1.807) is 12.1 Å². The molecule has 0 saturated heterocycles. The van der Waals surface area contributed by atoms with Crippen LogP contribution in [0.25, 0.3) is 22.3 Å². The van der Waals surface area contributed by atoms with Crippen LogP contribution >= 0.6 is 0 Å². The number of aryl methyl sites for hydroxylation is 2. The first-order valence-corrected chi connectivity index (χ1v) is 10.6. The van der Waals surface area contributed by atoms with Crippen LogP contribution in [0.1, 0.15) is 50.7 Å². The Morgan fingerprint density at radius 3 is 1.76 bits per heavy atom. The summed E-state index contributed by atoms with van der Waals surface area (Å²) in [7, 11) is 0. The first-order valence-electron chi connectivity index (χ1n) is 10.6. The molecule has 0 nitrogen and oxygen atoms in total. The van der Waals surface area contributed by atoms with Crippen LogP contribution < -0.4 is 0 Å². The van der Waals surface area contributed by atoms with Gasteiger partial charge in [-0.15, -0.1) is 0 Å². The summed E-state index contributed by atoms with van der Waals surface area (Å²) in [4.78, 5) is 0. The average molecular weight is 393 g/mol. The number of hydrogen-bond donors (Lipinski definition) is 0. The fourth-order valence-corrected chi connectivity index (χ4v) is 3.87. The van der Waals surface area contributed by atoms with Crippen molar-refractivity contribution in [1.82, 2.24) is 0 Å². The van der Waals surface area contributed by atoms with Gasteiger partial charge in [0.15, 0.2) is 11.6 Å². The minimum Gasteiger partial charge on any atom is -0.203 e. The Balaban J connectivity index is 1.73. The average Bonchev–Trinajstić information content (AvgIpc) is 2.72. The number of hydrogen-bond acceptors (Lipinski definition) is 0. The molecular formula is C27H30F2. The van der Waals surface area contributed by atoms with Gasteiger partial charge in [-0.3, -0.25) is 0 Å². The van der Waals surface area contributed by atoms with Gasteiger partial charge in [0.2, 0.25) is 0 Å². The zero-order valence-corrected chi connectivity index (χ0v) is 17.6. The normalized spacial score (nSPS) is 12.2. The van der Waals surface area contributed by atoms with Crippen LogP contribution in [0.15, 0.2) is 60.7 Å². The van der Waals surface area contributed by atoms with Gasteiger partial charge in [0.1, 0.15) is 0 Å². The van der Waals surface area contributed by atoms with Gasteiger partial charge in [0, 0.05) is 11.1 Å². The van der Waals surface area contributed by atoms with Gasteiger partial charge in [-0.2, -0.15) is 0 Å². The summed E-state index contributed by atoms with van der Waals surface area (Å²) in [5.41, 5.74) is 4.33. The van der Waals surface area contributed by atoms with E-state index in [2.05, 4.69) is 13.8 Å². The molecule has 1 atom stereocenters. The molecule has 1 unspecified atom stereocenters. The second-order valence-corrected chi connectivity index (χ2v) is 8.14. The van der Waals surface area contributed by atoms with Gasteiger partial charge in [-0.25, -0.2) is 8.78 Å². The largest absolute Gasteiger partial charge is 0.203 e. The van der Waals surface area contributed by atoms with E-state index in [9.17, 15) is 8.78 Å². The molecule has 3 aromatic rings. The molecule has 0 heterocycles. The predicted octanol–water partition coefficient (Wildman–Crippen LogP) is 8.37. The Hall–Kier alpha value is -2.48. The highest BCUT2D eigenvalue weighted by molar-refractivity contribution is 5.72. The lowest BCUT2D eigenvalue weighted by atomic mass is 9.95. The van der Waals surface area contributed by atoms with Crippen LogP contribution in [-0.2, 0) is 6.42 Å². The summed E-state index contributed by atoms with van der Waals surface area (Å²) in [5, 5.41) is 0. The standard InChI is InChI=1S/C27H30F2/c1-4-6-19(2)7-5-8-21-11-15-23(16-12-21)25-18-17-24(26(28)27(25)29)22-13-9-20(3)10-14-22/h9-19H,4-8H2,1-3H3. The number of benzene rings is 3. The van der Waals surface area contributed by atoms with E-state index < -0.39 is 11.6 Å². The van der Waals surface area contributed by atoms with Crippen LogP contribution in [0.2, 0.25) is 0 Å². The van der Waals surface area contributed by atoms with Crippen molar-refractivity contribution in [3.63, 3.8) is 0 Å². The lowest BCUT2D eigenvalue weighted by molar-refractivity contribution is 0.469. The molecule has 0 fully saturated rings. The molecule has 0 saturated carbocycles. The van der Waals surface area contributed by atoms with Crippen molar-refractivity contribution >= 4 is 0 Å². The maximum atomic E-state index is 14.8. The third kappa shape index (κ3) is 5.32. The summed E-state index contributed by atoms with van der Waals surface area (Å²) in [6.45, 7) is 6.51.